The van der Waals surface area contributed by atoms with Crippen molar-refractivity contribution in [2.24, 2.45) is 0 Å². The number of rotatable bonds is 4. The van der Waals surface area contributed by atoms with E-state index in [2.05, 4.69) is 39.7 Å². The first-order chi connectivity index (χ1) is 6.76. The van der Waals surface area contributed by atoms with E-state index in [1.165, 1.54) is 4.46 Å². The average molecular weight is 369 g/mol. The predicted octanol–water partition coefficient (Wildman–Crippen LogP) is 1.29. The van der Waals surface area contributed by atoms with Crippen LogP contribution in [0.4, 0.5) is 0 Å². The van der Waals surface area contributed by atoms with Gasteiger partial charge in [0.2, 0.25) is 0 Å². The van der Waals surface area contributed by atoms with E-state index in [-0.39, 0.29) is 6.61 Å². The topological polar surface area (TPSA) is 29.5 Å². The molecule has 0 radical (unpaired) electrons. The fourth-order valence-electron chi connectivity index (χ4n) is 0.824. The van der Waals surface area contributed by atoms with Crippen LogP contribution in [0.2, 0.25) is 0 Å². The average Bonchev–Trinajstić information content (AvgIpc) is 2.26. The van der Waals surface area contributed by atoms with Gasteiger partial charge in [-0.1, -0.05) is 0 Å². The Hall–Kier alpha value is -0.0305. The molecule has 1 rings (SSSR count). The van der Waals surface area contributed by atoms with Gasteiger partial charge < -0.3 is 0 Å². The summed E-state index contributed by atoms with van der Waals surface area (Å²) in [4.78, 5) is 2.08. The van der Waals surface area contributed by atoms with Crippen LogP contribution in [0.15, 0.2) is 32.8 Å². The quantitative estimate of drug-likeness (QED) is 0.641. The van der Waals surface area contributed by atoms with Crippen molar-refractivity contribution in [3.8, 4) is 5.75 Å². The molecule has 0 fully saturated rings. The van der Waals surface area contributed by atoms with Crippen molar-refractivity contribution in [2.45, 2.75) is 0 Å². The molecule has 76 valence electrons. The van der Waals surface area contributed by atoms with E-state index < -0.39 is 0 Å². The Morgan fingerprint density at radius 1 is 1.50 bits per heavy atom. The zero-order valence-electron chi connectivity index (χ0n) is 7.74. The predicted molar refractivity (Wildman–Crippen MR) is 67.6 cm³/mol. The van der Waals surface area contributed by atoms with Gasteiger partial charge in [0.15, 0.2) is 0 Å². The zero-order valence-corrected chi connectivity index (χ0v) is 11.6. The minimum atomic E-state index is 0.137. The molecule has 0 unspecified atom stereocenters. The van der Waals surface area contributed by atoms with Crippen molar-refractivity contribution >= 4 is 42.0 Å². The minimum absolute atomic E-state index is 0.137. The van der Waals surface area contributed by atoms with E-state index in [0.717, 1.165) is 9.33 Å². The van der Waals surface area contributed by atoms with Crippen molar-refractivity contribution < 1.29 is 9.84 Å². The van der Waals surface area contributed by atoms with E-state index in [0.29, 0.717) is 15.0 Å². The fourth-order valence-corrected chi connectivity index (χ4v) is 2.81. The third-order valence-corrected chi connectivity index (χ3v) is 5.12. The van der Waals surface area contributed by atoms with Crippen LogP contribution in [0, 0.1) is 0 Å². The first kappa shape index (κ1) is 12.0. The van der Waals surface area contributed by atoms with Gasteiger partial charge in [-0.05, 0) is 0 Å². The van der Waals surface area contributed by atoms with Gasteiger partial charge in [0.05, 0.1) is 0 Å². The molecule has 1 N–H and O–H groups in total. The maximum absolute atomic E-state index is 8.81. The van der Waals surface area contributed by atoms with Gasteiger partial charge in [-0.25, -0.2) is 0 Å². The first-order valence-electron chi connectivity index (χ1n) is 4.02. The van der Waals surface area contributed by atoms with Gasteiger partial charge in [-0.3, -0.25) is 0 Å². The van der Waals surface area contributed by atoms with Crippen LogP contribution in [0.3, 0.4) is 0 Å². The molecule has 0 aromatic heterocycles. The van der Waals surface area contributed by atoms with Crippen LogP contribution in [0.5, 0.6) is 5.75 Å². The Morgan fingerprint density at radius 3 is 2.64 bits per heavy atom. The number of aliphatic hydroxyl groups excluding tert-OH is 1. The number of halogens is 1. The summed E-state index contributed by atoms with van der Waals surface area (Å²) in [5.74, 6) is 0.880. The van der Waals surface area contributed by atoms with Gasteiger partial charge in [-0.2, -0.15) is 0 Å². The molecule has 14 heavy (non-hydrogen) atoms. The third-order valence-electron chi connectivity index (χ3n) is 1.53. The van der Waals surface area contributed by atoms with Gasteiger partial charge in [0.25, 0.3) is 0 Å². The summed E-state index contributed by atoms with van der Waals surface area (Å²) >= 11 is 2.45. The summed E-state index contributed by atoms with van der Waals surface area (Å²) in [6, 6.07) is 8.01. The Kier molecular flexibility index (Phi) is 5.55. The fraction of sp³-hybridized carbons (Fsp3) is 0.200. The summed E-state index contributed by atoms with van der Waals surface area (Å²) in [5, 5.41) is 8.81. The summed E-state index contributed by atoms with van der Waals surface area (Å²) < 4.78 is 7.34. The molecule has 2 nitrogen and oxygen atoms in total. The molecule has 0 atom stereocenters. The molecule has 0 aliphatic heterocycles. The van der Waals surface area contributed by atoms with Gasteiger partial charge >= 0.3 is 104 Å². The van der Waals surface area contributed by atoms with Crippen LogP contribution in [0.1, 0.15) is 0 Å². The van der Waals surface area contributed by atoms with Crippen molar-refractivity contribution in [1.29, 1.82) is 0 Å². The first-order valence-corrected chi connectivity index (χ1v) is 6.95. The van der Waals surface area contributed by atoms with E-state index in [1.54, 1.807) is 7.11 Å². The summed E-state index contributed by atoms with van der Waals surface area (Å²) in [7, 11) is 1.66. The molecule has 0 bridgehead atoms. The SMILES string of the molecule is COc1ccc([Se]/C=C(\I)CO)cc1. The second kappa shape index (κ2) is 6.45. The van der Waals surface area contributed by atoms with Gasteiger partial charge in [0, 0.05) is 0 Å². The summed E-state index contributed by atoms with van der Waals surface area (Å²) in [6.07, 6.45) is 0. The molecule has 0 saturated carbocycles. The van der Waals surface area contributed by atoms with Gasteiger partial charge in [-0.15, -0.1) is 0 Å². The molecule has 0 aliphatic rings. The maximum atomic E-state index is 8.81. The Morgan fingerprint density at radius 2 is 2.14 bits per heavy atom. The molecule has 0 spiro atoms. The van der Waals surface area contributed by atoms with Crippen molar-refractivity contribution in [3.63, 3.8) is 0 Å². The number of aliphatic hydroxyl groups is 1. The molecular weight excluding hydrogens is 358 g/mol. The molecule has 0 heterocycles. The van der Waals surface area contributed by atoms with Gasteiger partial charge in [0.1, 0.15) is 0 Å². The van der Waals surface area contributed by atoms with Crippen LogP contribution >= 0.6 is 22.6 Å². The van der Waals surface area contributed by atoms with Crippen molar-refractivity contribution in [1.82, 2.24) is 0 Å². The number of hydrogen-bond acceptors (Lipinski definition) is 2. The molecule has 4 heteroatoms. The summed E-state index contributed by atoms with van der Waals surface area (Å²) in [6.45, 7) is 0.137. The number of hydrogen-bond donors (Lipinski definition) is 1. The standard InChI is InChI=1S/C10H11IO2Se/c1-13-9-2-4-10(5-3-9)14-7-8(11)6-12/h2-5,7,12H,6H2,1H3/b8-7-. The normalized spacial score (nSPS) is 11.5. The molecular formula is C10H11IO2Se. The second-order valence-electron chi connectivity index (χ2n) is 2.52. The van der Waals surface area contributed by atoms with E-state index in [4.69, 9.17) is 9.84 Å². The van der Waals surface area contributed by atoms with E-state index in [9.17, 15) is 0 Å². The third kappa shape index (κ3) is 4.00. The number of benzene rings is 1. The van der Waals surface area contributed by atoms with E-state index in [1.807, 2.05) is 12.1 Å². The van der Waals surface area contributed by atoms with Crippen LogP contribution in [-0.4, -0.2) is 33.8 Å². The molecule has 0 saturated heterocycles. The van der Waals surface area contributed by atoms with Crippen molar-refractivity contribution in [2.75, 3.05) is 13.7 Å². The Labute approximate surface area is 104 Å². The number of ether oxygens (including phenoxy) is 1. The Bertz CT molecular complexity index is 308. The zero-order chi connectivity index (χ0) is 10.4. The van der Waals surface area contributed by atoms with Crippen LogP contribution in [-0.2, 0) is 0 Å². The molecule has 0 aliphatic carbocycles. The van der Waals surface area contributed by atoms with E-state index >= 15 is 0 Å². The summed E-state index contributed by atoms with van der Waals surface area (Å²) in [5.41, 5.74) is 0. The molecule has 1 aromatic carbocycles. The molecule has 1 aromatic rings. The van der Waals surface area contributed by atoms with Crippen molar-refractivity contribution in [3.05, 3.63) is 32.8 Å². The molecule has 0 amide bonds. The second-order valence-corrected chi connectivity index (χ2v) is 5.88. The van der Waals surface area contributed by atoms with Crippen LogP contribution < -0.4 is 9.20 Å². The van der Waals surface area contributed by atoms with Crippen LogP contribution in [0.25, 0.3) is 0 Å². The monoisotopic (exact) mass is 370 g/mol. The number of methoxy groups -OCH3 is 1. The Balaban J connectivity index is 2.60.